The first kappa shape index (κ1) is 11.9. The molecule has 0 aliphatic rings. The molecule has 0 aromatic rings. The molecule has 0 aromatic heterocycles. The summed E-state index contributed by atoms with van der Waals surface area (Å²) in [5.74, 6) is 0. The van der Waals surface area contributed by atoms with Crippen LogP contribution >= 0.6 is 12.6 Å². The van der Waals surface area contributed by atoms with Crippen molar-refractivity contribution in [3.63, 3.8) is 0 Å². The highest BCUT2D eigenvalue weighted by Gasteiger charge is 1.72. The molecule has 1 nitrogen and oxygen atoms in total. The Labute approximate surface area is 67.6 Å². The fraction of sp³-hybridized carbons (Fsp3) is 1.00. The van der Waals surface area contributed by atoms with Crippen LogP contribution in [0.4, 0.5) is 0 Å². The van der Waals surface area contributed by atoms with E-state index in [2.05, 4.69) is 17.1 Å². The summed E-state index contributed by atoms with van der Waals surface area (Å²) in [7, 11) is 5.22. The predicted octanol–water partition coefficient (Wildman–Crippen LogP) is -3.68. The van der Waals surface area contributed by atoms with Crippen LogP contribution in [0.25, 0.3) is 0 Å². The van der Waals surface area contributed by atoms with E-state index in [4.69, 9.17) is 0 Å². The minimum absolute atomic E-state index is 0.497. The average Bonchev–Trinajstić information content (AvgIpc) is 1.71. The van der Waals surface area contributed by atoms with E-state index in [1.54, 1.807) is 16.9 Å². The Kier molecular flexibility index (Phi) is 23.4. The molecule has 0 radical (unpaired) electrons. The van der Waals surface area contributed by atoms with Crippen LogP contribution in [0, 0.1) is 0 Å². The van der Waals surface area contributed by atoms with Gasteiger partial charge in [-0.25, -0.2) is 0 Å². The van der Waals surface area contributed by atoms with Crippen molar-refractivity contribution < 1.29 is 4.43 Å². The van der Waals surface area contributed by atoms with E-state index in [9.17, 15) is 0 Å². The zero-order valence-electron chi connectivity index (χ0n) is 5.98. The lowest BCUT2D eigenvalue weighted by Crippen LogP contribution is -2.03. The molecule has 0 saturated heterocycles. The summed E-state index contributed by atoms with van der Waals surface area (Å²) >= 11 is 4.12. The highest BCUT2D eigenvalue weighted by Crippen LogP contribution is 1.61. The molecule has 0 N–H and O–H groups in total. The van der Waals surface area contributed by atoms with Gasteiger partial charge in [0.05, 0.1) is 0 Å². The Hall–Kier alpha value is 1.18. The molecular weight excluding hydrogens is 184 g/mol. The van der Waals surface area contributed by atoms with Crippen LogP contribution in [0.2, 0.25) is 0 Å². The molecule has 0 spiro atoms. The maximum Gasteiger partial charge on any atom is 0.145 e. The van der Waals surface area contributed by atoms with Gasteiger partial charge in [-0.2, -0.15) is 12.6 Å². The standard InChI is InChI=1S/CH6OSi.CH10SSi3/c1-2-3;2-1-4-5-3/h1,3H3;2H,1,4-5H2,3H3. The summed E-state index contributed by atoms with van der Waals surface area (Å²) < 4.78 is 4.39. The Morgan fingerprint density at radius 1 is 1.75 bits per heavy atom. The van der Waals surface area contributed by atoms with Crippen LogP contribution in [-0.2, 0) is 4.43 Å². The molecule has 6 heteroatoms. The zero-order valence-corrected chi connectivity index (χ0v) is 13.7. The molecule has 0 aliphatic carbocycles. The molecule has 0 aliphatic heterocycles. The van der Waals surface area contributed by atoms with Gasteiger partial charge in [-0.05, 0) is 23.7 Å². The Balaban J connectivity index is 0. The van der Waals surface area contributed by atoms with Gasteiger partial charge < -0.3 is 4.43 Å². The molecule has 0 fully saturated rings. The molecule has 0 rings (SSSR count). The van der Waals surface area contributed by atoms with Gasteiger partial charge in [-0.1, -0.05) is 0 Å². The average molecular weight is 201 g/mol. The van der Waals surface area contributed by atoms with Gasteiger partial charge in [0.15, 0.2) is 0 Å². The van der Waals surface area contributed by atoms with Crippen molar-refractivity contribution in [1.29, 1.82) is 0 Å². The van der Waals surface area contributed by atoms with Gasteiger partial charge in [0, 0.05) is 16.1 Å². The van der Waals surface area contributed by atoms with Gasteiger partial charge in [0.1, 0.15) is 10.5 Å². The summed E-state index contributed by atoms with van der Waals surface area (Å²) in [5, 5.41) is 1.27. The molecule has 52 valence electrons. The smallest absolute Gasteiger partial charge is 0.145 e. The number of thiol groups is 1. The molecule has 0 saturated carbocycles. The molecule has 8 heavy (non-hydrogen) atoms. The van der Waals surface area contributed by atoms with Crippen molar-refractivity contribution in [2.75, 3.05) is 12.5 Å². The lowest BCUT2D eigenvalue weighted by molar-refractivity contribution is 0.460. The molecule has 0 bridgehead atoms. The van der Waals surface area contributed by atoms with Crippen LogP contribution in [0.3, 0.4) is 0 Å². The highest BCUT2D eigenvalue weighted by atomic mass is 32.1. The highest BCUT2D eigenvalue weighted by molar-refractivity contribution is 7.82. The first-order valence-electron chi connectivity index (χ1n) is 2.84. The lowest BCUT2D eigenvalue weighted by Gasteiger charge is -1.75. The minimum atomic E-state index is 0.497. The second-order valence-electron chi connectivity index (χ2n) is 1.49. The SMILES string of the molecule is CO[SiH3].[SiH3][SiH2][SiH2]CS. The monoisotopic (exact) mass is 200 g/mol. The second kappa shape index (κ2) is 15.7. The van der Waals surface area contributed by atoms with Crippen LogP contribution in [0.5, 0.6) is 0 Å². The quantitative estimate of drug-likeness (QED) is 0.357. The molecule has 0 heterocycles. The Morgan fingerprint density at radius 3 is 2.12 bits per heavy atom. The van der Waals surface area contributed by atoms with Crippen molar-refractivity contribution in [2.24, 2.45) is 0 Å². The van der Waals surface area contributed by atoms with E-state index in [0.29, 0.717) is 17.6 Å². The number of rotatable bonds is 2. The van der Waals surface area contributed by atoms with E-state index in [0.717, 1.165) is 10.5 Å². The molecule has 0 unspecified atom stereocenters. The van der Waals surface area contributed by atoms with Crippen molar-refractivity contribution in [1.82, 2.24) is 0 Å². The van der Waals surface area contributed by atoms with Crippen molar-refractivity contribution >= 4 is 50.5 Å². The summed E-state index contributed by atoms with van der Waals surface area (Å²) in [6.07, 6.45) is 0. The Morgan fingerprint density at radius 2 is 2.12 bits per heavy atom. The third-order valence-electron chi connectivity index (χ3n) is 0.512. The predicted molar refractivity (Wildman–Crippen MR) is 57.8 cm³/mol. The summed E-state index contributed by atoms with van der Waals surface area (Å²) in [5.41, 5.74) is 0. The second-order valence-corrected chi connectivity index (χ2v) is 19.9. The van der Waals surface area contributed by atoms with E-state index in [1.807, 2.05) is 0 Å². The van der Waals surface area contributed by atoms with Crippen molar-refractivity contribution in [3.05, 3.63) is 0 Å². The normalized spacial score (nSPS) is 11.2. The topological polar surface area (TPSA) is 9.23 Å². The van der Waals surface area contributed by atoms with Gasteiger partial charge in [-0.3, -0.25) is 0 Å². The summed E-state index contributed by atoms with van der Waals surface area (Å²) in [4.78, 5) is 0. The van der Waals surface area contributed by atoms with Crippen LogP contribution < -0.4 is 0 Å². The maximum absolute atomic E-state index is 4.39. The fourth-order valence-electron chi connectivity index (χ4n) is 0.158. The largest absolute Gasteiger partial charge is 0.431 e. The van der Waals surface area contributed by atoms with Crippen LogP contribution in [-0.4, -0.2) is 50.3 Å². The van der Waals surface area contributed by atoms with Gasteiger partial charge in [0.2, 0.25) is 0 Å². The molecule has 0 atom stereocenters. The third kappa shape index (κ3) is 27.1. The minimum Gasteiger partial charge on any atom is -0.431 e. The van der Waals surface area contributed by atoms with E-state index in [-0.39, 0.29) is 0 Å². The summed E-state index contributed by atoms with van der Waals surface area (Å²) in [6, 6.07) is 0. The van der Waals surface area contributed by atoms with Gasteiger partial charge >= 0.3 is 0 Å². The first-order valence-corrected chi connectivity index (χ1v) is 14.9. The maximum atomic E-state index is 4.39. The molecule has 0 aromatic carbocycles. The molecular formula is C2H16OSSi4. The summed E-state index contributed by atoms with van der Waals surface area (Å²) in [6.45, 7) is 0. The Bertz CT molecular complexity index is 28.0. The number of hydrogen-bond acceptors (Lipinski definition) is 2. The number of hydrogen-bond donors (Lipinski definition) is 1. The molecule has 0 amide bonds. The van der Waals surface area contributed by atoms with Gasteiger partial charge in [-0.15, -0.1) is 0 Å². The van der Waals surface area contributed by atoms with E-state index >= 15 is 0 Å². The van der Waals surface area contributed by atoms with Gasteiger partial charge in [0.25, 0.3) is 0 Å². The first-order chi connectivity index (χ1) is 3.83. The van der Waals surface area contributed by atoms with Crippen LogP contribution in [0.15, 0.2) is 0 Å². The van der Waals surface area contributed by atoms with Crippen molar-refractivity contribution in [2.45, 2.75) is 0 Å². The van der Waals surface area contributed by atoms with E-state index in [1.165, 1.54) is 5.38 Å². The third-order valence-corrected chi connectivity index (χ3v) is 13.8. The van der Waals surface area contributed by atoms with Crippen LogP contribution in [0.1, 0.15) is 0 Å². The van der Waals surface area contributed by atoms with E-state index < -0.39 is 0 Å². The zero-order chi connectivity index (χ0) is 6.83. The lowest BCUT2D eigenvalue weighted by atomic mass is 11.8. The fourth-order valence-corrected chi connectivity index (χ4v) is 12.8. The van der Waals surface area contributed by atoms with Crippen molar-refractivity contribution in [3.8, 4) is 0 Å².